The second kappa shape index (κ2) is 9.88. The molecule has 0 aliphatic carbocycles. The van der Waals surface area contributed by atoms with E-state index in [1.165, 1.54) is 0 Å². The van der Waals surface area contributed by atoms with Crippen molar-refractivity contribution in [3.8, 4) is 0 Å². The number of benzene rings is 1. The van der Waals surface area contributed by atoms with E-state index in [1.54, 1.807) is 16.8 Å². The monoisotopic (exact) mass is 512 g/mol. The molecule has 0 spiro atoms. The summed E-state index contributed by atoms with van der Waals surface area (Å²) in [6.45, 7) is 1.73. The summed E-state index contributed by atoms with van der Waals surface area (Å²) in [5.41, 5.74) is 1.48. The van der Waals surface area contributed by atoms with E-state index in [1.807, 2.05) is 49.2 Å². The maximum atomic E-state index is 11.0. The van der Waals surface area contributed by atoms with Crippen molar-refractivity contribution in [1.82, 2.24) is 14.5 Å². The van der Waals surface area contributed by atoms with E-state index in [0.29, 0.717) is 16.9 Å². The number of halogens is 1. The minimum absolute atomic E-state index is 0.00382. The van der Waals surface area contributed by atoms with Crippen LogP contribution >= 0.6 is 19.2 Å². The molecule has 1 aliphatic heterocycles. The van der Waals surface area contributed by atoms with E-state index in [4.69, 9.17) is 30.9 Å². The molecule has 0 amide bonds. The smallest absolute Gasteiger partial charge is 0.350 e. The highest BCUT2D eigenvalue weighted by molar-refractivity contribution is 7.51. The molecule has 184 valence electrons. The highest BCUT2D eigenvalue weighted by Crippen LogP contribution is 2.37. The van der Waals surface area contributed by atoms with Gasteiger partial charge in [0.15, 0.2) is 6.23 Å². The van der Waals surface area contributed by atoms with Gasteiger partial charge in [-0.05, 0) is 30.2 Å². The number of aliphatic hydroxyl groups is 2. The molecule has 0 saturated carbocycles. The molecule has 34 heavy (non-hydrogen) atoms. The minimum Gasteiger partial charge on any atom is -0.387 e. The van der Waals surface area contributed by atoms with Crippen LogP contribution in [0.25, 0.3) is 11.0 Å². The molecule has 1 aromatic carbocycles. The van der Waals surface area contributed by atoms with Gasteiger partial charge in [0.1, 0.15) is 36.1 Å². The van der Waals surface area contributed by atoms with E-state index in [-0.39, 0.29) is 17.9 Å². The van der Waals surface area contributed by atoms with Gasteiger partial charge in [0.25, 0.3) is 0 Å². The SMILES string of the molecule is C[C@H](c1ccccc1)N(C)c1nc(Cl)nc2c1ccn2[C@@H]1O[C@H](COCP(=O)(O)O)[C@@H](O)[C@H]1O. The first kappa shape index (κ1) is 25.0. The Hall–Kier alpha value is -2.08. The maximum absolute atomic E-state index is 11.0. The standard InChI is InChI=1S/C21H26ClN4O7P/c1-12(13-6-4-3-5-7-13)25(2)18-14-8-9-26(19(14)24-21(22)23-18)20-17(28)16(27)15(33-20)10-32-11-34(29,30)31/h3-9,12,15-17,20,27-28H,10-11H2,1-2H3,(H2,29,30,31)/t12-,15-,16-,17-,20-/m1/s1. The largest absolute Gasteiger partial charge is 0.387 e. The molecule has 0 radical (unpaired) electrons. The van der Waals surface area contributed by atoms with Crippen molar-refractivity contribution in [2.24, 2.45) is 0 Å². The molecule has 0 bridgehead atoms. The fourth-order valence-corrected chi connectivity index (χ4v) is 4.49. The molecular formula is C21H26ClN4O7P. The number of hydrogen-bond acceptors (Lipinski definition) is 8. The first-order valence-electron chi connectivity index (χ1n) is 10.5. The zero-order chi connectivity index (χ0) is 24.6. The van der Waals surface area contributed by atoms with E-state index in [2.05, 4.69) is 9.97 Å². The van der Waals surface area contributed by atoms with E-state index in [9.17, 15) is 14.8 Å². The second-order valence-corrected chi connectivity index (χ2v) is 10.1. The number of fused-ring (bicyclic) bond motifs is 1. The van der Waals surface area contributed by atoms with Crippen molar-refractivity contribution in [3.05, 3.63) is 53.4 Å². The predicted octanol–water partition coefficient (Wildman–Crippen LogP) is 2.05. The summed E-state index contributed by atoms with van der Waals surface area (Å²) in [7, 11) is -2.47. The number of ether oxygens (including phenoxy) is 2. The summed E-state index contributed by atoms with van der Waals surface area (Å²) in [4.78, 5) is 28.6. The third-order valence-electron chi connectivity index (χ3n) is 5.87. The lowest BCUT2D eigenvalue weighted by Crippen LogP contribution is -2.33. The van der Waals surface area contributed by atoms with Crippen LogP contribution < -0.4 is 4.90 Å². The van der Waals surface area contributed by atoms with Crippen molar-refractivity contribution in [2.75, 3.05) is 24.9 Å². The van der Waals surface area contributed by atoms with Gasteiger partial charge >= 0.3 is 7.60 Å². The van der Waals surface area contributed by atoms with Crippen LogP contribution in [0.4, 0.5) is 5.82 Å². The fraction of sp³-hybridized carbons (Fsp3) is 0.429. The van der Waals surface area contributed by atoms with E-state index in [0.717, 1.165) is 5.56 Å². The Morgan fingerprint density at radius 2 is 1.91 bits per heavy atom. The number of hydrogen-bond donors (Lipinski definition) is 4. The first-order valence-corrected chi connectivity index (χ1v) is 12.7. The molecule has 5 atom stereocenters. The molecule has 4 rings (SSSR count). The van der Waals surface area contributed by atoms with Gasteiger partial charge in [-0.1, -0.05) is 30.3 Å². The van der Waals surface area contributed by atoms with Crippen molar-refractivity contribution in [2.45, 2.75) is 37.5 Å². The van der Waals surface area contributed by atoms with Gasteiger partial charge in [-0.3, -0.25) is 4.57 Å². The Labute approximate surface area is 200 Å². The summed E-state index contributed by atoms with van der Waals surface area (Å²) >= 11 is 6.25. The molecule has 4 N–H and O–H groups in total. The second-order valence-electron chi connectivity index (χ2n) is 8.18. The molecule has 13 heteroatoms. The molecule has 3 heterocycles. The number of anilines is 1. The van der Waals surface area contributed by atoms with Crippen LogP contribution in [0.2, 0.25) is 5.28 Å². The van der Waals surface area contributed by atoms with Crippen molar-refractivity contribution < 1.29 is 34.0 Å². The predicted molar refractivity (Wildman–Crippen MR) is 125 cm³/mol. The highest BCUT2D eigenvalue weighted by atomic mass is 35.5. The van der Waals surface area contributed by atoms with Gasteiger partial charge in [-0.15, -0.1) is 0 Å². The minimum atomic E-state index is -4.37. The Morgan fingerprint density at radius 1 is 1.21 bits per heavy atom. The number of aromatic nitrogens is 3. The maximum Gasteiger partial charge on any atom is 0.350 e. The van der Waals surface area contributed by atoms with Crippen LogP contribution in [0.5, 0.6) is 0 Å². The van der Waals surface area contributed by atoms with Gasteiger partial charge in [0, 0.05) is 13.2 Å². The molecule has 2 aromatic heterocycles. The van der Waals surface area contributed by atoms with Crippen LogP contribution in [0.15, 0.2) is 42.6 Å². The fourth-order valence-electron chi connectivity index (χ4n) is 3.99. The van der Waals surface area contributed by atoms with Gasteiger partial charge in [0.2, 0.25) is 5.28 Å². The lowest BCUT2D eigenvalue weighted by Gasteiger charge is -2.27. The van der Waals surface area contributed by atoms with Crippen molar-refractivity contribution in [3.63, 3.8) is 0 Å². The summed E-state index contributed by atoms with van der Waals surface area (Å²) in [6, 6.07) is 11.7. The lowest BCUT2D eigenvalue weighted by atomic mass is 10.1. The lowest BCUT2D eigenvalue weighted by molar-refractivity contribution is -0.0610. The zero-order valence-corrected chi connectivity index (χ0v) is 20.1. The van der Waals surface area contributed by atoms with E-state index < -0.39 is 38.5 Å². The van der Waals surface area contributed by atoms with Crippen molar-refractivity contribution in [1.29, 1.82) is 0 Å². The highest BCUT2D eigenvalue weighted by Gasteiger charge is 2.44. The molecule has 1 saturated heterocycles. The number of nitrogens with zero attached hydrogens (tertiary/aromatic N) is 4. The zero-order valence-electron chi connectivity index (χ0n) is 18.5. The third-order valence-corrected chi connectivity index (χ3v) is 6.56. The summed E-state index contributed by atoms with van der Waals surface area (Å²) < 4.78 is 23.3. The van der Waals surface area contributed by atoms with Crippen LogP contribution in [0.3, 0.4) is 0 Å². The summed E-state index contributed by atoms with van der Waals surface area (Å²) in [6.07, 6.45) is -3.85. The number of aliphatic hydroxyl groups excluding tert-OH is 2. The number of rotatable bonds is 8. The van der Waals surface area contributed by atoms with Crippen molar-refractivity contribution >= 4 is 36.0 Å². The first-order chi connectivity index (χ1) is 16.1. The normalized spacial score (nSPS) is 24.0. The summed E-state index contributed by atoms with van der Waals surface area (Å²) in [5, 5.41) is 21.7. The molecule has 0 unspecified atom stereocenters. The van der Waals surface area contributed by atoms with Gasteiger partial charge in [0.05, 0.1) is 18.0 Å². The topological polar surface area (TPSA) is 150 Å². The van der Waals surface area contributed by atoms with Gasteiger partial charge in [-0.2, -0.15) is 9.97 Å². The van der Waals surface area contributed by atoms with Gasteiger partial charge < -0.3 is 38.9 Å². The molecule has 11 nitrogen and oxygen atoms in total. The Bertz CT molecular complexity index is 1190. The van der Waals surface area contributed by atoms with Crippen LogP contribution in [0.1, 0.15) is 24.8 Å². The van der Waals surface area contributed by atoms with Crippen LogP contribution in [-0.2, 0) is 14.0 Å². The van der Waals surface area contributed by atoms with E-state index >= 15 is 0 Å². The van der Waals surface area contributed by atoms with Crippen LogP contribution in [-0.4, -0.2) is 72.8 Å². The molecular weight excluding hydrogens is 487 g/mol. The molecule has 1 aliphatic rings. The Balaban J connectivity index is 1.61. The average Bonchev–Trinajstić information content (AvgIpc) is 3.33. The average molecular weight is 513 g/mol. The molecule has 1 fully saturated rings. The van der Waals surface area contributed by atoms with Crippen LogP contribution in [0, 0.1) is 0 Å². The Morgan fingerprint density at radius 3 is 2.59 bits per heavy atom. The molecule has 3 aromatic rings. The quantitative estimate of drug-likeness (QED) is 0.261. The third kappa shape index (κ3) is 5.12. The summed E-state index contributed by atoms with van der Waals surface area (Å²) in [5.74, 6) is 0.583. The Kier molecular flexibility index (Phi) is 7.28. The van der Waals surface area contributed by atoms with Gasteiger partial charge in [-0.25, -0.2) is 0 Å².